The first-order valence-corrected chi connectivity index (χ1v) is 5.49. The lowest BCUT2D eigenvalue weighted by Crippen LogP contribution is -2.35. The zero-order chi connectivity index (χ0) is 10.8. The monoisotopic (exact) mass is 208 g/mol. The number of halogens is 3. The summed E-state index contributed by atoms with van der Waals surface area (Å²) in [7, 11) is 0. The number of hydrogen-bond acceptors (Lipinski definition) is 0. The first-order chi connectivity index (χ1) is 6.43. The van der Waals surface area contributed by atoms with Gasteiger partial charge in [0.25, 0.3) is 0 Å². The zero-order valence-corrected chi connectivity index (χ0v) is 8.90. The third-order valence-electron chi connectivity index (χ3n) is 3.25. The molecule has 0 heterocycles. The van der Waals surface area contributed by atoms with Crippen molar-refractivity contribution in [2.45, 2.75) is 52.1 Å². The molecule has 0 N–H and O–H groups in total. The highest BCUT2D eigenvalue weighted by molar-refractivity contribution is 4.81. The van der Waals surface area contributed by atoms with Crippen LogP contribution in [0.5, 0.6) is 0 Å². The molecule has 1 atom stereocenters. The molecule has 0 spiro atoms. The Kier molecular flexibility index (Phi) is 3.85. The zero-order valence-electron chi connectivity index (χ0n) is 8.90. The molecule has 3 heteroatoms. The van der Waals surface area contributed by atoms with E-state index in [9.17, 15) is 13.2 Å². The molecule has 0 aromatic heterocycles. The van der Waals surface area contributed by atoms with Crippen LogP contribution in [0.15, 0.2) is 0 Å². The van der Waals surface area contributed by atoms with Crippen LogP contribution >= 0.6 is 0 Å². The van der Waals surface area contributed by atoms with Gasteiger partial charge in [0, 0.05) is 0 Å². The van der Waals surface area contributed by atoms with E-state index in [1.165, 1.54) is 0 Å². The van der Waals surface area contributed by atoms with Gasteiger partial charge in [-0.15, -0.1) is 0 Å². The van der Waals surface area contributed by atoms with Crippen molar-refractivity contribution in [2.24, 2.45) is 17.8 Å². The lowest BCUT2D eigenvalue weighted by molar-refractivity contribution is -0.203. The van der Waals surface area contributed by atoms with E-state index >= 15 is 0 Å². The largest absolute Gasteiger partial charge is 0.392 e. The summed E-state index contributed by atoms with van der Waals surface area (Å²) in [5, 5.41) is 0. The van der Waals surface area contributed by atoms with E-state index in [1.807, 2.05) is 0 Å². The molecular weight excluding hydrogens is 189 g/mol. The predicted molar refractivity (Wildman–Crippen MR) is 51.0 cm³/mol. The fraction of sp³-hybridized carbons (Fsp3) is 1.00. The van der Waals surface area contributed by atoms with E-state index in [4.69, 9.17) is 0 Å². The van der Waals surface area contributed by atoms with Gasteiger partial charge < -0.3 is 0 Å². The van der Waals surface area contributed by atoms with Crippen LogP contribution in [0.25, 0.3) is 0 Å². The third-order valence-corrected chi connectivity index (χ3v) is 3.25. The van der Waals surface area contributed by atoms with E-state index in [-0.39, 0.29) is 11.8 Å². The van der Waals surface area contributed by atoms with Gasteiger partial charge in [-0.3, -0.25) is 0 Å². The molecule has 0 nitrogen and oxygen atoms in total. The van der Waals surface area contributed by atoms with Crippen molar-refractivity contribution in [1.82, 2.24) is 0 Å². The summed E-state index contributed by atoms with van der Waals surface area (Å²) in [5.74, 6) is -1.48. The van der Waals surface area contributed by atoms with Crippen molar-refractivity contribution < 1.29 is 13.2 Å². The van der Waals surface area contributed by atoms with Crippen LogP contribution in [-0.2, 0) is 0 Å². The highest BCUT2D eigenvalue weighted by Crippen LogP contribution is 2.43. The van der Waals surface area contributed by atoms with Crippen LogP contribution in [0, 0.1) is 17.8 Å². The maximum absolute atomic E-state index is 12.8. The van der Waals surface area contributed by atoms with Gasteiger partial charge in [0.2, 0.25) is 0 Å². The Morgan fingerprint density at radius 3 is 1.86 bits per heavy atom. The third kappa shape index (κ3) is 2.89. The molecule has 0 saturated heterocycles. The van der Waals surface area contributed by atoms with Crippen LogP contribution in [0.3, 0.4) is 0 Å². The number of rotatable bonds is 2. The minimum Gasteiger partial charge on any atom is -0.171 e. The Morgan fingerprint density at radius 1 is 1.00 bits per heavy atom. The second-order valence-corrected chi connectivity index (χ2v) is 4.71. The normalized spacial score (nSPS) is 22.7. The molecule has 14 heavy (non-hydrogen) atoms. The summed E-state index contributed by atoms with van der Waals surface area (Å²) in [4.78, 5) is 0. The first kappa shape index (κ1) is 11.9. The molecule has 1 fully saturated rings. The predicted octanol–water partition coefficient (Wildman–Crippen LogP) is 4.40. The van der Waals surface area contributed by atoms with Gasteiger partial charge >= 0.3 is 6.18 Å². The molecule has 0 bridgehead atoms. The van der Waals surface area contributed by atoms with Gasteiger partial charge in [0.05, 0.1) is 5.92 Å². The summed E-state index contributed by atoms with van der Waals surface area (Å²) >= 11 is 0. The molecule has 0 radical (unpaired) electrons. The Morgan fingerprint density at radius 2 is 1.50 bits per heavy atom. The second kappa shape index (κ2) is 4.54. The Balaban J connectivity index is 2.66. The van der Waals surface area contributed by atoms with Crippen molar-refractivity contribution >= 4 is 0 Å². The standard InChI is InChI=1S/C11H19F3/c1-8(2)10(11(12,13)14)9-6-4-3-5-7-9/h8-10H,3-7H2,1-2H3. The molecule has 1 unspecified atom stereocenters. The second-order valence-electron chi connectivity index (χ2n) is 4.71. The molecule has 84 valence electrons. The minimum atomic E-state index is -4.00. The SMILES string of the molecule is CC(C)C(C1CCCCC1)C(F)(F)F. The van der Waals surface area contributed by atoms with Gasteiger partial charge in [-0.1, -0.05) is 33.1 Å². The molecule has 1 aliphatic rings. The van der Waals surface area contributed by atoms with Crippen molar-refractivity contribution in [1.29, 1.82) is 0 Å². The van der Waals surface area contributed by atoms with Crippen molar-refractivity contribution in [3.05, 3.63) is 0 Å². The van der Waals surface area contributed by atoms with Crippen LogP contribution in [0.1, 0.15) is 46.0 Å². The van der Waals surface area contributed by atoms with Crippen molar-refractivity contribution in [3.8, 4) is 0 Å². The van der Waals surface area contributed by atoms with Gasteiger partial charge in [-0.2, -0.15) is 13.2 Å². The quantitative estimate of drug-likeness (QED) is 0.631. The summed E-state index contributed by atoms with van der Waals surface area (Å²) in [6.45, 7) is 3.37. The molecule has 1 saturated carbocycles. The smallest absolute Gasteiger partial charge is 0.171 e. The maximum Gasteiger partial charge on any atom is 0.392 e. The Labute approximate surface area is 83.9 Å². The first-order valence-electron chi connectivity index (χ1n) is 5.49. The van der Waals surface area contributed by atoms with Crippen molar-refractivity contribution in [2.75, 3.05) is 0 Å². The fourth-order valence-electron chi connectivity index (χ4n) is 2.68. The van der Waals surface area contributed by atoms with E-state index in [1.54, 1.807) is 13.8 Å². The summed E-state index contributed by atoms with van der Waals surface area (Å²) in [6, 6.07) is 0. The van der Waals surface area contributed by atoms with E-state index < -0.39 is 12.1 Å². The van der Waals surface area contributed by atoms with Gasteiger partial charge in [-0.25, -0.2) is 0 Å². The average molecular weight is 208 g/mol. The molecular formula is C11H19F3. The molecule has 1 rings (SSSR count). The average Bonchev–Trinajstić information content (AvgIpc) is 2.02. The summed E-state index contributed by atoms with van der Waals surface area (Å²) in [6.07, 6.45) is 0.591. The number of hydrogen-bond donors (Lipinski definition) is 0. The topological polar surface area (TPSA) is 0 Å². The van der Waals surface area contributed by atoms with Crippen molar-refractivity contribution in [3.63, 3.8) is 0 Å². The van der Waals surface area contributed by atoms with Gasteiger partial charge in [0.15, 0.2) is 0 Å². The van der Waals surface area contributed by atoms with E-state index in [0.717, 1.165) is 32.1 Å². The Hall–Kier alpha value is -0.210. The molecule has 0 aromatic carbocycles. The van der Waals surface area contributed by atoms with Gasteiger partial charge in [-0.05, 0) is 24.7 Å². The summed E-state index contributed by atoms with van der Waals surface area (Å²) < 4.78 is 38.3. The molecule has 1 aliphatic carbocycles. The molecule has 0 aromatic rings. The van der Waals surface area contributed by atoms with E-state index in [0.29, 0.717) is 0 Å². The summed E-state index contributed by atoms with van der Waals surface area (Å²) in [5.41, 5.74) is 0. The highest BCUT2D eigenvalue weighted by atomic mass is 19.4. The van der Waals surface area contributed by atoms with Crippen LogP contribution < -0.4 is 0 Å². The fourth-order valence-corrected chi connectivity index (χ4v) is 2.68. The van der Waals surface area contributed by atoms with E-state index in [2.05, 4.69) is 0 Å². The molecule has 0 amide bonds. The molecule has 0 aliphatic heterocycles. The van der Waals surface area contributed by atoms with Crippen LogP contribution in [0.4, 0.5) is 13.2 Å². The van der Waals surface area contributed by atoms with Crippen LogP contribution in [0.2, 0.25) is 0 Å². The van der Waals surface area contributed by atoms with Gasteiger partial charge in [0.1, 0.15) is 0 Å². The maximum atomic E-state index is 12.8. The lowest BCUT2D eigenvalue weighted by Gasteiger charge is -2.34. The minimum absolute atomic E-state index is 0.122. The highest BCUT2D eigenvalue weighted by Gasteiger charge is 2.46. The number of alkyl halides is 3. The van der Waals surface area contributed by atoms with Crippen LogP contribution in [-0.4, -0.2) is 6.18 Å². The Bertz CT molecular complexity index is 166. The lowest BCUT2D eigenvalue weighted by atomic mass is 9.75.